The van der Waals surface area contributed by atoms with E-state index in [0.29, 0.717) is 22.7 Å². The lowest BCUT2D eigenvalue weighted by molar-refractivity contribution is -0.141. The number of hydrogen-bond acceptors (Lipinski definition) is 7. The van der Waals surface area contributed by atoms with Crippen molar-refractivity contribution in [2.24, 2.45) is 7.05 Å². The molecule has 0 aromatic carbocycles. The molecule has 1 unspecified atom stereocenters. The third kappa shape index (κ3) is 3.88. The van der Waals surface area contributed by atoms with Crippen LogP contribution in [0.15, 0.2) is 29.7 Å². The fraction of sp³-hybridized carbons (Fsp3) is 0.294. The second-order valence-electron chi connectivity index (χ2n) is 5.99. The van der Waals surface area contributed by atoms with Crippen molar-refractivity contribution >= 4 is 34.5 Å². The summed E-state index contributed by atoms with van der Waals surface area (Å²) in [6.07, 6.45) is -1.39. The van der Waals surface area contributed by atoms with Gasteiger partial charge in [0.05, 0.1) is 35.3 Å². The highest BCUT2D eigenvalue weighted by molar-refractivity contribution is 7.99. The molecule has 11 heteroatoms. The maximum atomic E-state index is 12.9. The second kappa shape index (κ2) is 7.30. The summed E-state index contributed by atoms with van der Waals surface area (Å²) in [5.41, 5.74) is 6.03. The van der Waals surface area contributed by atoms with Crippen molar-refractivity contribution in [1.29, 1.82) is 0 Å². The lowest BCUT2D eigenvalue weighted by atomic mass is 10.1. The Morgan fingerprint density at radius 3 is 2.68 bits per heavy atom. The van der Waals surface area contributed by atoms with Crippen LogP contribution in [0.4, 0.5) is 19.0 Å². The van der Waals surface area contributed by atoms with Crippen molar-refractivity contribution in [2.75, 3.05) is 12.8 Å². The van der Waals surface area contributed by atoms with Crippen LogP contribution in [-0.4, -0.2) is 32.6 Å². The molecular formula is C17H16F3N5O2S. The van der Waals surface area contributed by atoms with Crippen LogP contribution in [0.5, 0.6) is 0 Å². The Morgan fingerprint density at radius 1 is 1.32 bits per heavy atom. The van der Waals surface area contributed by atoms with Crippen LogP contribution < -0.4 is 5.73 Å². The van der Waals surface area contributed by atoms with Gasteiger partial charge in [0.15, 0.2) is 10.9 Å². The van der Waals surface area contributed by atoms with Gasteiger partial charge in [-0.05, 0) is 13.0 Å². The zero-order valence-electron chi connectivity index (χ0n) is 15.1. The number of fused-ring (bicyclic) bond motifs is 1. The van der Waals surface area contributed by atoms with E-state index in [9.17, 15) is 18.0 Å². The Hall–Kier alpha value is -2.82. The Kier molecular flexibility index (Phi) is 5.20. The first-order valence-electron chi connectivity index (χ1n) is 8.02. The molecule has 0 amide bonds. The maximum absolute atomic E-state index is 12.9. The molecule has 0 saturated heterocycles. The summed E-state index contributed by atoms with van der Waals surface area (Å²) in [6.45, 7) is 1.75. The van der Waals surface area contributed by atoms with Crippen LogP contribution in [0.3, 0.4) is 0 Å². The van der Waals surface area contributed by atoms with E-state index in [1.165, 1.54) is 7.11 Å². The number of anilines is 1. The minimum atomic E-state index is -4.62. The summed E-state index contributed by atoms with van der Waals surface area (Å²) in [5, 5.41) is 0.136. The molecule has 2 N–H and O–H groups in total. The minimum absolute atomic E-state index is 0.108. The van der Waals surface area contributed by atoms with Crippen molar-refractivity contribution in [3.05, 3.63) is 41.5 Å². The molecule has 7 nitrogen and oxygen atoms in total. The van der Waals surface area contributed by atoms with Gasteiger partial charge < -0.3 is 15.0 Å². The maximum Gasteiger partial charge on any atom is 0.433 e. The largest absolute Gasteiger partial charge is 0.465 e. The van der Waals surface area contributed by atoms with Gasteiger partial charge in [-0.1, -0.05) is 11.8 Å². The molecule has 3 heterocycles. The molecule has 0 bridgehead atoms. The molecule has 28 heavy (non-hydrogen) atoms. The number of thioether (sulfide) groups is 1. The van der Waals surface area contributed by atoms with Gasteiger partial charge in [0.25, 0.3) is 0 Å². The third-order valence-corrected chi connectivity index (χ3v) is 5.01. The molecule has 0 aliphatic carbocycles. The van der Waals surface area contributed by atoms with Gasteiger partial charge in [-0.25, -0.2) is 14.8 Å². The Balaban J connectivity index is 1.95. The summed E-state index contributed by atoms with van der Waals surface area (Å²) >= 11 is 0.989. The smallest absolute Gasteiger partial charge is 0.433 e. The van der Waals surface area contributed by atoms with Gasteiger partial charge in [-0.3, -0.25) is 4.98 Å². The van der Waals surface area contributed by atoms with E-state index in [0.717, 1.165) is 17.3 Å². The SMILES string of the molecule is COC(=O)c1cn(C)c2cnc(C(C)Sc3nc(N)cc(C(F)(F)F)n3)cc12. The van der Waals surface area contributed by atoms with Crippen molar-refractivity contribution in [2.45, 2.75) is 23.5 Å². The number of pyridine rings is 1. The van der Waals surface area contributed by atoms with Crippen molar-refractivity contribution < 1.29 is 22.7 Å². The van der Waals surface area contributed by atoms with Gasteiger partial charge >= 0.3 is 12.1 Å². The number of ether oxygens (including phenoxy) is 1. The molecule has 0 saturated carbocycles. The number of rotatable bonds is 4. The molecule has 0 aliphatic heterocycles. The van der Waals surface area contributed by atoms with Crippen LogP contribution in [0.25, 0.3) is 10.9 Å². The fourth-order valence-corrected chi connectivity index (χ4v) is 3.52. The number of carbonyl (C=O) groups excluding carboxylic acids is 1. The second-order valence-corrected chi connectivity index (χ2v) is 7.30. The lowest BCUT2D eigenvalue weighted by Gasteiger charge is -2.12. The average molecular weight is 411 g/mol. The van der Waals surface area contributed by atoms with E-state index in [-0.39, 0.29) is 11.0 Å². The molecular weight excluding hydrogens is 395 g/mol. The summed E-state index contributed by atoms with van der Waals surface area (Å²) < 4.78 is 45.3. The first-order valence-corrected chi connectivity index (χ1v) is 8.89. The molecule has 1 atom stereocenters. The summed E-state index contributed by atoms with van der Waals surface area (Å²) in [6, 6.07) is 2.39. The molecule has 0 aliphatic rings. The number of methoxy groups -OCH3 is 1. The fourth-order valence-electron chi connectivity index (χ4n) is 2.65. The number of nitrogen functional groups attached to an aromatic ring is 1. The lowest BCUT2D eigenvalue weighted by Crippen LogP contribution is -2.11. The number of aromatic nitrogens is 4. The minimum Gasteiger partial charge on any atom is -0.465 e. The zero-order valence-corrected chi connectivity index (χ0v) is 15.9. The van der Waals surface area contributed by atoms with E-state index >= 15 is 0 Å². The molecule has 3 rings (SSSR count). The predicted octanol–water partition coefficient (Wildman–Crippen LogP) is 3.60. The highest BCUT2D eigenvalue weighted by atomic mass is 32.2. The normalized spacial score (nSPS) is 12.9. The van der Waals surface area contributed by atoms with Gasteiger partial charge in [-0.2, -0.15) is 13.2 Å². The monoisotopic (exact) mass is 411 g/mol. The van der Waals surface area contributed by atoms with Crippen molar-refractivity contribution in [1.82, 2.24) is 19.5 Å². The van der Waals surface area contributed by atoms with Gasteiger partial charge in [0, 0.05) is 24.7 Å². The number of alkyl halides is 3. The van der Waals surface area contributed by atoms with Crippen LogP contribution >= 0.6 is 11.8 Å². The number of hydrogen-bond donors (Lipinski definition) is 1. The first-order chi connectivity index (χ1) is 13.1. The zero-order chi connectivity index (χ0) is 20.6. The highest BCUT2D eigenvalue weighted by Crippen LogP contribution is 2.36. The van der Waals surface area contributed by atoms with Gasteiger partial charge in [0.2, 0.25) is 0 Å². The molecule has 0 spiro atoms. The van der Waals surface area contributed by atoms with E-state index < -0.39 is 23.1 Å². The molecule has 148 valence electrons. The first kappa shape index (κ1) is 19.9. The van der Waals surface area contributed by atoms with Crippen LogP contribution in [0.1, 0.15) is 33.9 Å². The van der Waals surface area contributed by atoms with Crippen LogP contribution in [0, 0.1) is 0 Å². The number of halogens is 3. The summed E-state index contributed by atoms with van der Waals surface area (Å²) in [5.74, 6) is -0.756. The molecule has 3 aromatic heterocycles. The third-order valence-electron chi connectivity index (χ3n) is 4.02. The summed E-state index contributed by atoms with van der Waals surface area (Å²) in [7, 11) is 3.06. The standard InChI is InChI=1S/C17H16F3N5O2S/c1-8(28-16-23-13(17(18,19)20)5-14(21)24-16)11-4-9-10(15(26)27-3)7-25(2)12(9)6-22-11/h4-8H,1-3H3,(H2,21,23,24). The Bertz CT molecular complexity index is 1050. The number of carbonyl (C=O) groups is 1. The summed E-state index contributed by atoms with van der Waals surface area (Å²) in [4.78, 5) is 23.7. The molecule has 3 aromatic rings. The number of nitrogens with zero attached hydrogens (tertiary/aromatic N) is 4. The molecule has 0 radical (unpaired) electrons. The molecule has 0 fully saturated rings. The van der Waals surface area contributed by atoms with Gasteiger partial charge in [0.1, 0.15) is 5.82 Å². The number of nitrogens with two attached hydrogens (primary N) is 1. The van der Waals surface area contributed by atoms with E-state index in [1.54, 1.807) is 37.0 Å². The average Bonchev–Trinajstić information content (AvgIpc) is 2.96. The van der Waals surface area contributed by atoms with Gasteiger partial charge in [-0.15, -0.1) is 0 Å². The van der Waals surface area contributed by atoms with Crippen molar-refractivity contribution in [3.63, 3.8) is 0 Å². The van der Waals surface area contributed by atoms with E-state index in [4.69, 9.17) is 10.5 Å². The van der Waals surface area contributed by atoms with Crippen molar-refractivity contribution in [3.8, 4) is 0 Å². The van der Waals surface area contributed by atoms with E-state index in [2.05, 4.69) is 15.0 Å². The topological polar surface area (TPSA) is 95.9 Å². The van der Waals surface area contributed by atoms with E-state index in [1.807, 2.05) is 0 Å². The quantitative estimate of drug-likeness (QED) is 0.398. The number of aryl methyl sites for hydroxylation is 1. The predicted molar refractivity (Wildman–Crippen MR) is 97.8 cm³/mol. The van der Waals surface area contributed by atoms with Crippen LogP contribution in [0.2, 0.25) is 0 Å². The Labute approximate surface area is 162 Å². The highest BCUT2D eigenvalue weighted by Gasteiger charge is 2.33. The Morgan fingerprint density at radius 2 is 2.04 bits per heavy atom. The van der Waals surface area contributed by atoms with Crippen LogP contribution in [-0.2, 0) is 18.0 Å². The number of esters is 1.